The molecule has 2 unspecified atom stereocenters. The summed E-state index contributed by atoms with van der Waals surface area (Å²) >= 11 is 1.82. The molecule has 2 atom stereocenters. The van der Waals surface area contributed by atoms with Crippen molar-refractivity contribution in [2.45, 2.75) is 50.4 Å². The van der Waals surface area contributed by atoms with Crippen LogP contribution in [0.15, 0.2) is 72.1 Å². The first-order valence-electron chi connectivity index (χ1n) is 11.8. The van der Waals surface area contributed by atoms with Crippen LogP contribution in [0.4, 0.5) is 5.69 Å². The molecule has 2 aromatic heterocycles. The van der Waals surface area contributed by atoms with Gasteiger partial charge in [0, 0.05) is 49.0 Å². The number of benzene rings is 1. The van der Waals surface area contributed by atoms with Crippen molar-refractivity contribution in [3.63, 3.8) is 0 Å². The van der Waals surface area contributed by atoms with E-state index in [9.17, 15) is 0 Å². The summed E-state index contributed by atoms with van der Waals surface area (Å²) in [6.07, 6.45) is 6.62. The Morgan fingerprint density at radius 3 is 2.76 bits per heavy atom. The lowest BCUT2D eigenvalue weighted by molar-refractivity contribution is 0.213. The van der Waals surface area contributed by atoms with Gasteiger partial charge in [0.2, 0.25) is 5.88 Å². The van der Waals surface area contributed by atoms with Crippen molar-refractivity contribution in [3.05, 3.63) is 78.2 Å². The quantitative estimate of drug-likeness (QED) is 0.511. The Hall–Kier alpha value is -2.90. The van der Waals surface area contributed by atoms with E-state index in [-0.39, 0.29) is 5.41 Å². The molecule has 0 aliphatic carbocycles. The van der Waals surface area contributed by atoms with Crippen molar-refractivity contribution in [2.24, 2.45) is 4.99 Å². The number of rotatable bonds is 5. The summed E-state index contributed by atoms with van der Waals surface area (Å²) < 4.78 is 6.33. The van der Waals surface area contributed by atoms with Crippen molar-refractivity contribution in [1.82, 2.24) is 14.9 Å². The van der Waals surface area contributed by atoms with Gasteiger partial charge >= 0.3 is 0 Å². The average Bonchev–Trinajstić information content (AvgIpc) is 3.22. The summed E-state index contributed by atoms with van der Waals surface area (Å²) in [6.45, 7) is 9.59. The Balaban J connectivity index is 1.26. The molecule has 0 amide bonds. The Morgan fingerprint density at radius 1 is 1.09 bits per heavy atom. The number of hydrogen-bond donors (Lipinski definition) is 1. The largest absolute Gasteiger partial charge is 0.437 e. The zero-order valence-electron chi connectivity index (χ0n) is 19.9. The molecule has 1 aromatic carbocycles. The lowest BCUT2D eigenvalue weighted by Gasteiger charge is -2.33. The Morgan fingerprint density at radius 2 is 1.94 bits per heavy atom. The lowest BCUT2D eigenvalue weighted by Crippen LogP contribution is -2.42. The number of nitrogens with one attached hydrogen (secondary N) is 1. The van der Waals surface area contributed by atoms with Crippen molar-refractivity contribution < 1.29 is 4.74 Å². The number of thioether (sulfide) groups is 1. The molecule has 1 fully saturated rings. The summed E-state index contributed by atoms with van der Waals surface area (Å²) in [4.78, 5) is 16.3. The van der Waals surface area contributed by atoms with E-state index in [0.29, 0.717) is 17.2 Å². The highest BCUT2D eigenvalue weighted by atomic mass is 32.2. The number of aromatic nitrogens is 2. The molecular formula is C27H31N5OS. The van der Waals surface area contributed by atoms with Crippen molar-refractivity contribution in [3.8, 4) is 11.6 Å². The SMILES string of the molecule is CC(C)(C)c1ccccc1Oc1ncccc1NC1=NC2CCN(Cc3cccnc3)CC2S1. The maximum absolute atomic E-state index is 6.33. The van der Waals surface area contributed by atoms with E-state index in [1.165, 1.54) is 5.56 Å². The minimum atomic E-state index is -0.0261. The summed E-state index contributed by atoms with van der Waals surface area (Å²) in [6, 6.07) is 16.6. The molecule has 3 aromatic rings. The number of para-hydroxylation sites is 1. The second-order valence-electron chi connectivity index (χ2n) is 9.87. The fourth-order valence-corrected chi connectivity index (χ4v) is 5.76. The monoisotopic (exact) mass is 473 g/mol. The van der Waals surface area contributed by atoms with Crippen LogP contribution in [0.5, 0.6) is 11.6 Å². The fourth-order valence-electron chi connectivity index (χ4n) is 4.47. The van der Waals surface area contributed by atoms with E-state index < -0.39 is 0 Å². The summed E-state index contributed by atoms with van der Waals surface area (Å²) in [5.74, 6) is 1.40. The minimum Gasteiger partial charge on any atom is -0.437 e. The zero-order valence-corrected chi connectivity index (χ0v) is 20.8. The normalized spacial score (nSPS) is 20.5. The predicted molar refractivity (Wildman–Crippen MR) is 140 cm³/mol. The maximum atomic E-state index is 6.33. The van der Waals surface area contributed by atoms with Crippen LogP contribution in [0.25, 0.3) is 0 Å². The molecule has 6 nitrogen and oxygen atoms in total. The smallest absolute Gasteiger partial charge is 0.243 e. The molecule has 5 rings (SSSR count). The first-order chi connectivity index (χ1) is 16.5. The Kier molecular flexibility index (Phi) is 6.57. The van der Waals surface area contributed by atoms with Crippen LogP contribution >= 0.6 is 11.8 Å². The molecule has 1 saturated heterocycles. The van der Waals surface area contributed by atoms with Crippen LogP contribution in [0, 0.1) is 0 Å². The van der Waals surface area contributed by atoms with Gasteiger partial charge in [0.1, 0.15) is 11.4 Å². The van der Waals surface area contributed by atoms with Gasteiger partial charge in [0.25, 0.3) is 0 Å². The molecule has 7 heteroatoms. The standard InChI is InChI=1S/C27H31N5OS/c1-27(2,3)20-9-4-5-11-23(20)33-25-22(10-7-14-29-25)31-26-30-21-12-15-32(18-24(21)34-26)17-19-8-6-13-28-16-19/h4-11,13-14,16,21,24H,12,15,17-18H2,1-3H3,(H,30,31). The second kappa shape index (κ2) is 9.76. The molecule has 34 heavy (non-hydrogen) atoms. The van der Waals surface area contributed by atoms with Gasteiger partial charge in [-0.3, -0.25) is 14.9 Å². The number of likely N-dealkylation sites (tertiary alicyclic amines) is 1. The van der Waals surface area contributed by atoms with E-state index in [1.54, 1.807) is 6.20 Å². The lowest BCUT2D eigenvalue weighted by atomic mass is 9.86. The zero-order chi connectivity index (χ0) is 23.5. The summed E-state index contributed by atoms with van der Waals surface area (Å²) in [5.41, 5.74) is 3.22. The van der Waals surface area contributed by atoms with Gasteiger partial charge < -0.3 is 10.1 Å². The van der Waals surface area contributed by atoms with Crippen molar-refractivity contribution in [2.75, 3.05) is 18.4 Å². The molecule has 2 aliphatic heterocycles. The Bertz CT molecular complexity index is 1160. The van der Waals surface area contributed by atoms with Gasteiger partial charge in [0.15, 0.2) is 5.17 Å². The van der Waals surface area contributed by atoms with Gasteiger partial charge in [-0.25, -0.2) is 4.98 Å². The number of ether oxygens (including phenoxy) is 1. The maximum Gasteiger partial charge on any atom is 0.243 e. The van der Waals surface area contributed by atoms with Crippen LogP contribution in [-0.4, -0.2) is 44.4 Å². The van der Waals surface area contributed by atoms with Crippen molar-refractivity contribution in [1.29, 1.82) is 0 Å². The van der Waals surface area contributed by atoms with Gasteiger partial charge in [-0.2, -0.15) is 0 Å². The molecule has 0 radical (unpaired) electrons. The molecule has 0 saturated carbocycles. The first kappa shape index (κ1) is 22.9. The van der Waals surface area contributed by atoms with Gasteiger partial charge in [0.05, 0.1) is 6.04 Å². The molecule has 0 spiro atoms. The third kappa shape index (κ3) is 5.26. The summed E-state index contributed by atoms with van der Waals surface area (Å²) in [5, 5.41) is 4.90. The number of anilines is 1. The molecule has 176 valence electrons. The third-order valence-corrected chi connectivity index (χ3v) is 7.39. The van der Waals surface area contributed by atoms with Crippen LogP contribution in [0.1, 0.15) is 38.3 Å². The summed E-state index contributed by atoms with van der Waals surface area (Å²) in [7, 11) is 0. The number of aliphatic imine (C=N–C) groups is 1. The number of hydrogen-bond acceptors (Lipinski definition) is 7. The third-order valence-electron chi connectivity index (χ3n) is 6.20. The van der Waals surface area contributed by atoms with Gasteiger partial charge in [-0.1, -0.05) is 56.8 Å². The highest BCUT2D eigenvalue weighted by molar-refractivity contribution is 8.15. The number of amidine groups is 1. The minimum absolute atomic E-state index is 0.0261. The molecule has 2 aliphatic rings. The first-order valence-corrected chi connectivity index (χ1v) is 12.7. The second-order valence-corrected chi connectivity index (χ2v) is 11.1. The van der Waals surface area contributed by atoms with Crippen molar-refractivity contribution >= 4 is 22.6 Å². The molecule has 0 bridgehead atoms. The van der Waals surface area contributed by atoms with Crippen LogP contribution in [0.3, 0.4) is 0 Å². The van der Waals surface area contributed by atoms with Gasteiger partial charge in [-0.05, 0) is 41.7 Å². The van der Waals surface area contributed by atoms with Crippen LogP contribution in [-0.2, 0) is 12.0 Å². The van der Waals surface area contributed by atoms with E-state index in [0.717, 1.165) is 48.2 Å². The Labute approximate surface area is 205 Å². The van der Waals surface area contributed by atoms with Crippen LogP contribution in [0.2, 0.25) is 0 Å². The predicted octanol–water partition coefficient (Wildman–Crippen LogP) is 5.72. The van der Waals surface area contributed by atoms with E-state index in [1.807, 2.05) is 60.6 Å². The molecular weight excluding hydrogens is 442 g/mol. The molecule has 4 heterocycles. The average molecular weight is 474 g/mol. The number of fused-ring (bicyclic) bond motifs is 1. The van der Waals surface area contributed by atoms with E-state index in [2.05, 4.69) is 53.1 Å². The number of nitrogens with zero attached hydrogens (tertiary/aromatic N) is 4. The van der Waals surface area contributed by atoms with E-state index >= 15 is 0 Å². The van der Waals surface area contributed by atoms with E-state index in [4.69, 9.17) is 9.73 Å². The topological polar surface area (TPSA) is 62.6 Å². The number of piperidine rings is 1. The number of pyridine rings is 2. The molecule has 1 N–H and O–H groups in total. The van der Waals surface area contributed by atoms with Crippen LogP contribution < -0.4 is 10.1 Å². The fraction of sp³-hybridized carbons (Fsp3) is 0.370. The highest BCUT2D eigenvalue weighted by Gasteiger charge is 2.35. The highest BCUT2D eigenvalue weighted by Crippen LogP contribution is 2.38. The van der Waals surface area contributed by atoms with Gasteiger partial charge in [-0.15, -0.1) is 0 Å².